The molecular weight excluding hydrogens is 342 g/mol. The number of amides is 1. The van der Waals surface area contributed by atoms with Crippen molar-refractivity contribution in [2.24, 2.45) is 11.3 Å². The van der Waals surface area contributed by atoms with Gasteiger partial charge in [0.1, 0.15) is 0 Å². The lowest BCUT2D eigenvalue weighted by atomic mass is 9.71. The highest BCUT2D eigenvalue weighted by Gasteiger charge is 2.49. The van der Waals surface area contributed by atoms with Crippen LogP contribution in [0.1, 0.15) is 29.0 Å². The summed E-state index contributed by atoms with van der Waals surface area (Å²) in [4.78, 5) is 21.3. The van der Waals surface area contributed by atoms with Crippen molar-refractivity contribution in [1.82, 2.24) is 14.8 Å². The number of likely N-dealkylation sites (tertiary alicyclic amines) is 2. The Morgan fingerprint density at radius 1 is 1.30 bits per heavy atom. The van der Waals surface area contributed by atoms with Gasteiger partial charge in [-0.1, -0.05) is 0 Å². The molecule has 1 unspecified atom stereocenters. The van der Waals surface area contributed by atoms with E-state index in [1.165, 1.54) is 5.56 Å². The molecule has 1 atom stereocenters. The summed E-state index contributed by atoms with van der Waals surface area (Å²) in [6.45, 7) is 5.30. The summed E-state index contributed by atoms with van der Waals surface area (Å²) in [7, 11) is 1.75. The average Bonchev–Trinajstić information content (AvgIpc) is 3.34. The lowest BCUT2D eigenvalue weighted by Gasteiger charge is -2.42. The summed E-state index contributed by atoms with van der Waals surface area (Å²) < 4.78 is 10.8. The smallest absolute Gasteiger partial charge is 0.289 e. The molecule has 0 aromatic carbocycles. The number of hydrogen-bond acceptors (Lipinski definition) is 5. The van der Waals surface area contributed by atoms with Crippen molar-refractivity contribution in [2.75, 3.05) is 39.9 Å². The van der Waals surface area contributed by atoms with Crippen molar-refractivity contribution < 1.29 is 13.9 Å². The molecule has 2 saturated heterocycles. The van der Waals surface area contributed by atoms with Gasteiger partial charge < -0.3 is 14.1 Å². The van der Waals surface area contributed by atoms with Crippen LogP contribution in [0.5, 0.6) is 0 Å². The molecule has 0 saturated carbocycles. The quantitative estimate of drug-likeness (QED) is 0.811. The fourth-order valence-electron chi connectivity index (χ4n) is 4.64. The van der Waals surface area contributed by atoms with Crippen LogP contribution in [0.15, 0.2) is 47.3 Å². The van der Waals surface area contributed by atoms with E-state index in [0.29, 0.717) is 18.3 Å². The number of carbonyl (C=O) groups is 1. The maximum atomic E-state index is 12.8. The monoisotopic (exact) mass is 369 g/mol. The molecule has 27 heavy (non-hydrogen) atoms. The van der Waals surface area contributed by atoms with E-state index < -0.39 is 0 Å². The van der Waals surface area contributed by atoms with Gasteiger partial charge in [-0.05, 0) is 61.2 Å². The first-order chi connectivity index (χ1) is 13.2. The molecule has 2 fully saturated rings. The summed E-state index contributed by atoms with van der Waals surface area (Å²) in [6, 6.07) is 7.67. The SMILES string of the molecule is COCC1CN(C(=O)c2ccco2)CC12CCN(Cc1ccncc1)CC2. The summed E-state index contributed by atoms with van der Waals surface area (Å²) in [5, 5.41) is 0. The predicted octanol–water partition coefficient (Wildman–Crippen LogP) is 2.68. The van der Waals surface area contributed by atoms with E-state index in [1.54, 1.807) is 25.5 Å². The molecular formula is C21H27N3O3. The Bertz CT molecular complexity index is 739. The summed E-state index contributed by atoms with van der Waals surface area (Å²) in [6.07, 6.45) is 7.44. The number of methoxy groups -OCH3 is 1. The highest BCUT2D eigenvalue weighted by Crippen LogP contribution is 2.45. The number of carbonyl (C=O) groups excluding carboxylic acids is 1. The third-order valence-electron chi connectivity index (χ3n) is 6.21. The largest absolute Gasteiger partial charge is 0.459 e. The van der Waals surface area contributed by atoms with Crippen LogP contribution < -0.4 is 0 Å². The second kappa shape index (κ2) is 7.82. The Hall–Kier alpha value is -2.18. The lowest BCUT2D eigenvalue weighted by Crippen LogP contribution is -2.45. The standard InChI is InChI=1S/C21H27N3O3/c1-26-15-18-14-24(20(25)19-3-2-12-27-19)16-21(18)6-10-23(11-7-21)13-17-4-8-22-9-5-17/h2-5,8-9,12,18H,6-7,10-11,13-16H2,1H3. The minimum Gasteiger partial charge on any atom is -0.459 e. The van der Waals surface area contributed by atoms with Crippen molar-refractivity contribution in [3.63, 3.8) is 0 Å². The molecule has 2 aliphatic rings. The third kappa shape index (κ3) is 3.77. The predicted molar refractivity (Wildman–Crippen MR) is 101 cm³/mol. The van der Waals surface area contributed by atoms with Crippen molar-refractivity contribution in [3.05, 3.63) is 54.2 Å². The zero-order chi connectivity index (χ0) is 18.7. The maximum absolute atomic E-state index is 12.8. The van der Waals surface area contributed by atoms with Gasteiger partial charge in [-0.3, -0.25) is 14.7 Å². The van der Waals surface area contributed by atoms with Crippen molar-refractivity contribution in [3.8, 4) is 0 Å². The molecule has 6 nitrogen and oxygen atoms in total. The number of hydrogen-bond donors (Lipinski definition) is 0. The minimum absolute atomic E-state index is 0.00260. The fraction of sp³-hybridized carbons (Fsp3) is 0.524. The van der Waals surface area contributed by atoms with Gasteiger partial charge >= 0.3 is 0 Å². The zero-order valence-electron chi connectivity index (χ0n) is 15.8. The Balaban J connectivity index is 1.42. The number of rotatable bonds is 5. The van der Waals surface area contributed by atoms with Crippen LogP contribution in [0.2, 0.25) is 0 Å². The summed E-state index contributed by atoms with van der Waals surface area (Å²) >= 11 is 0. The molecule has 4 rings (SSSR count). The van der Waals surface area contributed by atoms with Gasteiger partial charge in [0.05, 0.1) is 12.9 Å². The molecule has 2 aromatic heterocycles. The Kier molecular flexibility index (Phi) is 5.27. The molecule has 2 aromatic rings. The van der Waals surface area contributed by atoms with E-state index in [1.807, 2.05) is 17.3 Å². The van der Waals surface area contributed by atoms with Gasteiger partial charge in [-0.15, -0.1) is 0 Å². The number of ether oxygens (including phenoxy) is 1. The number of aromatic nitrogens is 1. The first-order valence-electron chi connectivity index (χ1n) is 9.63. The van der Waals surface area contributed by atoms with Crippen LogP contribution in [-0.4, -0.2) is 60.6 Å². The molecule has 4 heterocycles. The molecule has 0 radical (unpaired) electrons. The van der Waals surface area contributed by atoms with Crippen molar-refractivity contribution in [2.45, 2.75) is 19.4 Å². The van der Waals surface area contributed by atoms with E-state index in [-0.39, 0.29) is 11.3 Å². The number of nitrogens with zero attached hydrogens (tertiary/aromatic N) is 3. The topological polar surface area (TPSA) is 58.8 Å². The van der Waals surface area contributed by atoms with Crippen LogP contribution in [-0.2, 0) is 11.3 Å². The van der Waals surface area contributed by atoms with E-state index in [9.17, 15) is 4.79 Å². The third-order valence-corrected chi connectivity index (χ3v) is 6.21. The van der Waals surface area contributed by atoms with E-state index in [4.69, 9.17) is 9.15 Å². The summed E-state index contributed by atoms with van der Waals surface area (Å²) in [5.41, 5.74) is 1.45. The maximum Gasteiger partial charge on any atom is 0.289 e. The molecule has 1 spiro atoms. The molecule has 144 valence electrons. The highest BCUT2D eigenvalue weighted by atomic mass is 16.5. The summed E-state index contributed by atoms with van der Waals surface area (Å²) in [5.74, 6) is 0.806. The lowest BCUT2D eigenvalue weighted by molar-refractivity contribution is 0.0347. The second-order valence-corrected chi connectivity index (χ2v) is 7.81. The van der Waals surface area contributed by atoms with Crippen LogP contribution in [0.25, 0.3) is 0 Å². The van der Waals surface area contributed by atoms with Gasteiger partial charge in [0, 0.05) is 45.1 Å². The number of furan rings is 1. The first-order valence-corrected chi connectivity index (χ1v) is 9.63. The molecule has 1 amide bonds. The van der Waals surface area contributed by atoms with Gasteiger partial charge in [-0.2, -0.15) is 0 Å². The van der Waals surface area contributed by atoms with E-state index in [2.05, 4.69) is 22.0 Å². The normalized spacial score (nSPS) is 22.4. The molecule has 6 heteroatoms. The average molecular weight is 369 g/mol. The second-order valence-electron chi connectivity index (χ2n) is 7.81. The van der Waals surface area contributed by atoms with Gasteiger partial charge in [0.25, 0.3) is 5.91 Å². The van der Waals surface area contributed by atoms with Crippen molar-refractivity contribution in [1.29, 1.82) is 0 Å². The minimum atomic E-state index is -0.00260. The molecule has 2 aliphatic heterocycles. The Labute approximate surface area is 160 Å². The number of pyridine rings is 1. The van der Waals surface area contributed by atoms with E-state index >= 15 is 0 Å². The molecule has 0 N–H and O–H groups in total. The Morgan fingerprint density at radius 3 is 2.74 bits per heavy atom. The van der Waals surface area contributed by atoms with E-state index in [0.717, 1.165) is 45.6 Å². The van der Waals surface area contributed by atoms with Crippen LogP contribution in [0.3, 0.4) is 0 Å². The molecule has 0 aliphatic carbocycles. The van der Waals surface area contributed by atoms with Crippen molar-refractivity contribution >= 4 is 5.91 Å². The zero-order valence-corrected chi connectivity index (χ0v) is 15.8. The van der Waals surface area contributed by atoms with Gasteiger partial charge in [0.15, 0.2) is 5.76 Å². The highest BCUT2D eigenvalue weighted by molar-refractivity contribution is 5.91. The molecule has 0 bridgehead atoms. The number of piperidine rings is 1. The first kappa shape index (κ1) is 18.2. The van der Waals surface area contributed by atoms with Crippen LogP contribution in [0.4, 0.5) is 0 Å². The van der Waals surface area contributed by atoms with Gasteiger partial charge in [-0.25, -0.2) is 0 Å². The fourth-order valence-corrected chi connectivity index (χ4v) is 4.64. The Morgan fingerprint density at radius 2 is 2.07 bits per heavy atom. The van der Waals surface area contributed by atoms with Crippen LogP contribution in [0, 0.1) is 11.3 Å². The van der Waals surface area contributed by atoms with Gasteiger partial charge in [0.2, 0.25) is 0 Å². The van der Waals surface area contributed by atoms with Crippen LogP contribution >= 0.6 is 0 Å².